The summed E-state index contributed by atoms with van der Waals surface area (Å²) >= 11 is 0. The standard InChI is InChI=1S/C12H12N6O/c1-7-14-10(6-11-16-17-12(19)18(7)11)15-9-4-2-3-8(13)5-9/h2-6,15H,13H2,1H3,(H,17,19). The average Bonchev–Trinajstić information content (AvgIpc) is 2.71. The Kier molecular flexibility index (Phi) is 2.45. The summed E-state index contributed by atoms with van der Waals surface area (Å²) in [5.74, 6) is 1.16. The van der Waals surface area contributed by atoms with Crippen molar-refractivity contribution in [1.29, 1.82) is 0 Å². The van der Waals surface area contributed by atoms with Gasteiger partial charge in [0.2, 0.25) is 0 Å². The van der Waals surface area contributed by atoms with Crippen LogP contribution in [0.5, 0.6) is 0 Å². The highest BCUT2D eigenvalue weighted by Crippen LogP contribution is 2.18. The number of H-pyrrole nitrogens is 1. The minimum absolute atomic E-state index is 0.296. The molecule has 0 aliphatic rings. The third kappa shape index (κ3) is 2.01. The molecule has 0 aliphatic carbocycles. The van der Waals surface area contributed by atoms with E-state index >= 15 is 0 Å². The highest BCUT2D eigenvalue weighted by molar-refractivity contribution is 5.63. The second kappa shape index (κ2) is 4.13. The summed E-state index contributed by atoms with van der Waals surface area (Å²) in [6.07, 6.45) is 0. The fraction of sp³-hybridized carbons (Fsp3) is 0.0833. The summed E-state index contributed by atoms with van der Waals surface area (Å²) in [5.41, 5.74) is 7.43. The van der Waals surface area contributed by atoms with Crippen molar-refractivity contribution in [3.63, 3.8) is 0 Å². The average molecular weight is 256 g/mol. The van der Waals surface area contributed by atoms with Crippen molar-refractivity contribution in [2.75, 3.05) is 11.1 Å². The first-order chi connectivity index (χ1) is 9.13. The van der Waals surface area contributed by atoms with Crippen LogP contribution in [-0.4, -0.2) is 19.6 Å². The minimum atomic E-state index is -0.296. The zero-order valence-electron chi connectivity index (χ0n) is 10.2. The Hall–Kier alpha value is -2.83. The van der Waals surface area contributed by atoms with Crippen LogP contribution in [-0.2, 0) is 0 Å². The molecule has 0 unspecified atom stereocenters. The smallest absolute Gasteiger partial charge is 0.349 e. The highest BCUT2D eigenvalue weighted by Gasteiger charge is 2.06. The molecule has 2 aromatic heterocycles. The van der Waals surface area contributed by atoms with Gasteiger partial charge >= 0.3 is 5.69 Å². The van der Waals surface area contributed by atoms with Gasteiger partial charge in [-0.05, 0) is 25.1 Å². The number of nitrogens with zero attached hydrogens (tertiary/aromatic N) is 3. The van der Waals surface area contributed by atoms with Crippen molar-refractivity contribution >= 4 is 22.8 Å². The number of rotatable bonds is 2. The van der Waals surface area contributed by atoms with Gasteiger partial charge in [0, 0.05) is 17.4 Å². The molecule has 2 heterocycles. The quantitative estimate of drug-likeness (QED) is 0.595. The van der Waals surface area contributed by atoms with Gasteiger partial charge in [-0.2, -0.15) is 5.10 Å². The molecule has 4 N–H and O–H groups in total. The number of aromatic nitrogens is 4. The van der Waals surface area contributed by atoms with Gasteiger partial charge in [0.15, 0.2) is 5.65 Å². The van der Waals surface area contributed by atoms with Gasteiger partial charge in [0.1, 0.15) is 11.6 Å². The van der Waals surface area contributed by atoms with Crippen LogP contribution in [0.2, 0.25) is 0 Å². The van der Waals surface area contributed by atoms with Crippen molar-refractivity contribution in [1.82, 2.24) is 19.6 Å². The molecular formula is C12H12N6O. The highest BCUT2D eigenvalue weighted by atomic mass is 16.1. The van der Waals surface area contributed by atoms with E-state index in [2.05, 4.69) is 20.5 Å². The Morgan fingerprint density at radius 1 is 1.37 bits per heavy atom. The number of nitrogens with one attached hydrogen (secondary N) is 2. The maximum Gasteiger partial charge on any atom is 0.349 e. The molecule has 0 saturated carbocycles. The normalized spacial score (nSPS) is 10.8. The first-order valence-corrected chi connectivity index (χ1v) is 5.71. The van der Waals surface area contributed by atoms with Gasteiger partial charge in [0.25, 0.3) is 0 Å². The molecule has 0 atom stereocenters. The Morgan fingerprint density at radius 2 is 2.21 bits per heavy atom. The van der Waals surface area contributed by atoms with Crippen LogP contribution in [0.1, 0.15) is 5.82 Å². The van der Waals surface area contributed by atoms with E-state index in [4.69, 9.17) is 5.73 Å². The minimum Gasteiger partial charge on any atom is -0.399 e. The van der Waals surface area contributed by atoms with E-state index in [1.54, 1.807) is 25.1 Å². The zero-order chi connectivity index (χ0) is 13.4. The molecule has 19 heavy (non-hydrogen) atoms. The summed E-state index contributed by atoms with van der Waals surface area (Å²) in [7, 11) is 0. The lowest BCUT2D eigenvalue weighted by atomic mass is 10.3. The largest absolute Gasteiger partial charge is 0.399 e. The van der Waals surface area contributed by atoms with Gasteiger partial charge in [-0.25, -0.2) is 19.3 Å². The van der Waals surface area contributed by atoms with Crippen molar-refractivity contribution in [3.05, 3.63) is 46.6 Å². The molecule has 0 amide bonds. The van der Waals surface area contributed by atoms with E-state index in [9.17, 15) is 4.79 Å². The van der Waals surface area contributed by atoms with Crippen LogP contribution in [0.3, 0.4) is 0 Å². The van der Waals surface area contributed by atoms with Crippen molar-refractivity contribution in [3.8, 4) is 0 Å². The van der Waals surface area contributed by atoms with E-state index in [1.165, 1.54) is 4.40 Å². The Balaban J connectivity index is 2.04. The molecule has 0 saturated heterocycles. The third-order valence-electron chi connectivity index (χ3n) is 2.73. The second-order valence-corrected chi connectivity index (χ2v) is 4.16. The Labute approximate surface area is 108 Å². The van der Waals surface area contributed by atoms with Gasteiger partial charge < -0.3 is 11.1 Å². The number of aromatic amines is 1. The maximum atomic E-state index is 11.5. The number of hydrogen-bond acceptors (Lipinski definition) is 5. The Morgan fingerprint density at radius 3 is 3.00 bits per heavy atom. The summed E-state index contributed by atoms with van der Waals surface area (Å²) in [5, 5.41) is 9.43. The number of aryl methyl sites for hydroxylation is 1. The summed E-state index contributed by atoms with van der Waals surface area (Å²) in [6, 6.07) is 9.03. The van der Waals surface area contributed by atoms with E-state index in [0.717, 1.165) is 5.69 Å². The molecule has 7 heteroatoms. The topological polar surface area (TPSA) is 101 Å². The van der Waals surface area contributed by atoms with E-state index < -0.39 is 0 Å². The first-order valence-electron chi connectivity index (χ1n) is 5.71. The lowest BCUT2D eigenvalue weighted by Gasteiger charge is -2.07. The fourth-order valence-electron chi connectivity index (χ4n) is 1.93. The molecule has 0 aliphatic heterocycles. The molecule has 3 rings (SSSR count). The number of hydrogen-bond donors (Lipinski definition) is 3. The number of fused-ring (bicyclic) bond motifs is 1. The molecule has 7 nitrogen and oxygen atoms in total. The summed E-state index contributed by atoms with van der Waals surface area (Å²) in [6.45, 7) is 1.74. The molecule has 3 aromatic rings. The molecule has 0 spiro atoms. The van der Waals surface area contributed by atoms with Gasteiger partial charge in [-0.15, -0.1) is 0 Å². The first kappa shape index (κ1) is 11.3. The lowest BCUT2D eigenvalue weighted by Crippen LogP contribution is -2.13. The van der Waals surface area contributed by atoms with Crippen LogP contribution < -0.4 is 16.7 Å². The molecule has 0 fully saturated rings. The van der Waals surface area contributed by atoms with E-state index in [0.29, 0.717) is 23.0 Å². The van der Waals surface area contributed by atoms with Crippen LogP contribution in [0, 0.1) is 6.92 Å². The second-order valence-electron chi connectivity index (χ2n) is 4.16. The number of anilines is 3. The molecule has 0 radical (unpaired) electrons. The molecule has 0 bridgehead atoms. The van der Waals surface area contributed by atoms with E-state index in [1.807, 2.05) is 12.1 Å². The predicted molar refractivity (Wildman–Crippen MR) is 72.5 cm³/mol. The van der Waals surface area contributed by atoms with Gasteiger partial charge in [-0.3, -0.25) is 0 Å². The van der Waals surface area contributed by atoms with Crippen molar-refractivity contribution in [2.24, 2.45) is 0 Å². The zero-order valence-corrected chi connectivity index (χ0v) is 10.2. The third-order valence-corrected chi connectivity index (χ3v) is 2.73. The van der Waals surface area contributed by atoms with Crippen molar-refractivity contribution in [2.45, 2.75) is 6.92 Å². The van der Waals surface area contributed by atoms with Crippen molar-refractivity contribution < 1.29 is 0 Å². The monoisotopic (exact) mass is 256 g/mol. The summed E-state index contributed by atoms with van der Waals surface area (Å²) in [4.78, 5) is 15.8. The van der Waals surface area contributed by atoms with Gasteiger partial charge in [0.05, 0.1) is 0 Å². The van der Waals surface area contributed by atoms with E-state index in [-0.39, 0.29) is 5.69 Å². The van der Waals surface area contributed by atoms with Crippen LogP contribution in [0.4, 0.5) is 17.2 Å². The molecular weight excluding hydrogens is 244 g/mol. The maximum absolute atomic E-state index is 11.5. The Bertz CT molecular complexity index is 803. The van der Waals surface area contributed by atoms with Crippen LogP contribution in [0.15, 0.2) is 35.1 Å². The predicted octanol–water partition coefficient (Wildman–Crippen LogP) is 1.05. The summed E-state index contributed by atoms with van der Waals surface area (Å²) < 4.78 is 1.41. The number of nitrogens with two attached hydrogens (primary N) is 1. The lowest BCUT2D eigenvalue weighted by molar-refractivity contribution is 0.939. The van der Waals surface area contributed by atoms with Crippen LogP contribution >= 0.6 is 0 Å². The number of benzene rings is 1. The van der Waals surface area contributed by atoms with Crippen LogP contribution in [0.25, 0.3) is 5.65 Å². The SMILES string of the molecule is Cc1nc(Nc2cccc(N)c2)cc2n[nH]c(=O)n12. The van der Waals surface area contributed by atoms with Gasteiger partial charge in [-0.1, -0.05) is 6.07 Å². The fourth-order valence-corrected chi connectivity index (χ4v) is 1.93. The molecule has 1 aromatic carbocycles. The number of nitrogen functional groups attached to an aromatic ring is 1. The molecule has 96 valence electrons.